The van der Waals surface area contributed by atoms with E-state index in [0.717, 1.165) is 63.4 Å². The van der Waals surface area contributed by atoms with Gasteiger partial charge < -0.3 is 20.2 Å². The van der Waals surface area contributed by atoms with Crippen LogP contribution in [0.4, 0.5) is 11.6 Å². The van der Waals surface area contributed by atoms with Gasteiger partial charge in [0.1, 0.15) is 11.6 Å². The second-order valence-corrected chi connectivity index (χ2v) is 10.3. The number of aliphatic carboxylic acids is 1. The van der Waals surface area contributed by atoms with Crippen LogP contribution in [0.15, 0.2) is 36.4 Å². The molecule has 7 nitrogen and oxygen atoms in total. The molecule has 35 heavy (non-hydrogen) atoms. The molecule has 2 aliphatic heterocycles. The van der Waals surface area contributed by atoms with E-state index in [1.165, 1.54) is 30.4 Å². The van der Waals surface area contributed by atoms with E-state index in [2.05, 4.69) is 39.4 Å². The van der Waals surface area contributed by atoms with Crippen LogP contribution in [0.3, 0.4) is 0 Å². The number of rotatable bonds is 6. The summed E-state index contributed by atoms with van der Waals surface area (Å²) >= 11 is 0. The van der Waals surface area contributed by atoms with E-state index in [0.29, 0.717) is 12.1 Å². The van der Waals surface area contributed by atoms with Crippen LogP contribution < -0.4 is 15.1 Å². The first-order valence-corrected chi connectivity index (χ1v) is 13.2. The topological polar surface area (TPSA) is 85.8 Å². The number of fused-ring (bicyclic) bond motifs is 1. The van der Waals surface area contributed by atoms with Crippen molar-refractivity contribution in [3.8, 4) is 0 Å². The predicted molar refractivity (Wildman–Crippen MR) is 137 cm³/mol. The lowest BCUT2D eigenvalue weighted by molar-refractivity contribution is -0.138. The Morgan fingerprint density at radius 3 is 2.54 bits per heavy atom. The van der Waals surface area contributed by atoms with Crippen molar-refractivity contribution in [3.63, 3.8) is 0 Å². The number of anilines is 2. The maximum absolute atomic E-state index is 13.4. The molecule has 0 radical (unpaired) electrons. The Balaban J connectivity index is 1.42. The number of hydrogen-bond acceptors (Lipinski definition) is 5. The average molecular weight is 477 g/mol. The van der Waals surface area contributed by atoms with Crippen molar-refractivity contribution in [2.45, 2.75) is 70.4 Å². The third-order valence-corrected chi connectivity index (χ3v) is 7.78. The highest BCUT2D eigenvalue weighted by atomic mass is 16.4. The molecule has 0 spiro atoms. The molecule has 1 saturated carbocycles. The number of carbonyl (C=O) groups excluding carboxylic acids is 1. The molecule has 1 amide bonds. The zero-order valence-electron chi connectivity index (χ0n) is 20.4. The number of carboxylic acids is 1. The summed E-state index contributed by atoms with van der Waals surface area (Å²) in [5.41, 5.74) is 3.28. The minimum atomic E-state index is -0.743. The molecular formula is C28H36N4O3. The first-order valence-electron chi connectivity index (χ1n) is 13.2. The lowest BCUT2D eigenvalue weighted by Crippen LogP contribution is -2.39. The number of benzene rings is 1. The standard InChI is InChI=1S/C28H36N4O3/c33-26(34)17-20-7-6-15-31(18-20)25-13-12-24(28(35)29-23-10-2-1-3-11-23)27(30-25)32-16-14-21-8-4-5-9-22(21)19-32/h4-5,8-9,12-13,20,23H,1-3,6-7,10-11,14-19H2,(H,29,35)(H,33,34). The molecule has 3 heterocycles. The van der Waals surface area contributed by atoms with Gasteiger partial charge in [-0.05, 0) is 61.3 Å². The predicted octanol–water partition coefficient (Wildman–Crippen LogP) is 4.40. The van der Waals surface area contributed by atoms with Crippen LogP contribution in [0, 0.1) is 5.92 Å². The number of carboxylic acid groups (broad SMARTS) is 1. The molecule has 2 aromatic rings. The Hall–Kier alpha value is -3.09. The minimum absolute atomic E-state index is 0.0350. The van der Waals surface area contributed by atoms with E-state index in [1.54, 1.807) is 0 Å². The first-order chi connectivity index (χ1) is 17.1. The average Bonchev–Trinajstić information content (AvgIpc) is 2.88. The zero-order valence-corrected chi connectivity index (χ0v) is 20.4. The maximum atomic E-state index is 13.4. The fourth-order valence-electron chi connectivity index (χ4n) is 5.91. The molecule has 2 N–H and O–H groups in total. The highest BCUT2D eigenvalue weighted by Crippen LogP contribution is 2.31. The summed E-state index contributed by atoms with van der Waals surface area (Å²) in [5, 5.41) is 12.5. The Kier molecular flexibility index (Phi) is 7.21. The van der Waals surface area contributed by atoms with E-state index in [-0.39, 0.29) is 24.3 Å². The SMILES string of the molecule is O=C(O)CC1CCCN(c2ccc(C(=O)NC3CCCCC3)c(N3CCc4ccccc4C3)n2)C1. The number of pyridine rings is 1. The van der Waals surface area contributed by atoms with Crippen molar-refractivity contribution >= 4 is 23.5 Å². The van der Waals surface area contributed by atoms with Crippen molar-refractivity contribution in [2.75, 3.05) is 29.4 Å². The van der Waals surface area contributed by atoms with E-state index in [9.17, 15) is 14.7 Å². The minimum Gasteiger partial charge on any atom is -0.481 e. The van der Waals surface area contributed by atoms with Gasteiger partial charge in [-0.2, -0.15) is 0 Å². The molecule has 1 aromatic carbocycles. The normalized spacial score (nSPS) is 20.9. The number of amides is 1. The van der Waals surface area contributed by atoms with E-state index in [1.807, 2.05) is 12.1 Å². The van der Waals surface area contributed by atoms with Crippen molar-refractivity contribution in [2.24, 2.45) is 5.92 Å². The number of hydrogen-bond donors (Lipinski definition) is 2. The first kappa shape index (κ1) is 23.6. The van der Waals surface area contributed by atoms with Crippen molar-refractivity contribution in [1.29, 1.82) is 0 Å². The Bertz CT molecular complexity index is 1070. The lowest BCUT2D eigenvalue weighted by atomic mass is 9.94. The van der Waals surface area contributed by atoms with Gasteiger partial charge in [0.25, 0.3) is 5.91 Å². The molecular weight excluding hydrogens is 440 g/mol. The Morgan fingerprint density at radius 2 is 1.74 bits per heavy atom. The van der Waals surface area contributed by atoms with Crippen molar-refractivity contribution in [3.05, 3.63) is 53.1 Å². The summed E-state index contributed by atoms with van der Waals surface area (Å²) in [6.45, 7) is 3.10. The lowest BCUT2D eigenvalue weighted by Gasteiger charge is -2.35. The molecule has 7 heteroatoms. The third-order valence-electron chi connectivity index (χ3n) is 7.78. The number of nitrogens with one attached hydrogen (secondary N) is 1. The smallest absolute Gasteiger partial charge is 0.303 e. The maximum Gasteiger partial charge on any atom is 0.303 e. The number of piperidine rings is 1. The zero-order chi connectivity index (χ0) is 24.2. The van der Waals surface area contributed by atoms with Crippen LogP contribution in [0.5, 0.6) is 0 Å². The fraction of sp³-hybridized carbons (Fsp3) is 0.536. The highest BCUT2D eigenvalue weighted by molar-refractivity contribution is 5.99. The second kappa shape index (κ2) is 10.7. The monoisotopic (exact) mass is 476 g/mol. The quantitative estimate of drug-likeness (QED) is 0.643. The third kappa shape index (κ3) is 5.60. The molecule has 5 rings (SSSR count). The Labute approximate surface area is 207 Å². The summed E-state index contributed by atoms with van der Waals surface area (Å²) in [5.74, 6) is 0.927. The molecule has 186 valence electrons. The van der Waals surface area contributed by atoms with Crippen LogP contribution >= 0.6 is 0 Å². The summed E-state index contributed by atoms with van der Waals surface area (Å²) in [6, 6.07) is 12.6. The van der Waals surface area contributed by atoms with Gasteiger partial charge in [-0.1, -0.05) is 43.5 Å². The van der Waals surface area contributed by atoms with Crippen LogP contribution in [0.25, 0.3) is 0 Å². The number of carbonyl (C=O) groups is 2. The van der Waals surface area contributed by atoms with Gasteiger partial charge in [-0.25, -0.2) is 4.98 Å². The molecule has 1 unspecified atom stereocenters. The number of nitrogens with zero attached hydrogens (tertiary/aromatic N) is 3. The molecule has 1 aromatic heterocycles. The fourth-order valence-corrected chi connectivity index (χ4v) is 5.91. The van der Waals surface area contributed by atoms with Gasteiger partial charge in [0, 0.05) is 38.6 Å². The molecule has 0 bridgehead atoms. The number of aromatic nitrogens is 1. The van der Waals surface area contributed by atoms with Crippen molar-refractivity contribution < 1.29 is 14.7 Å². The molecule has 3 aliphatic rings. The van der Waals surface area contributed by atoms with E-state index < -0.39 is 5.97 Å². The molecule has 1 aliphatic carbocycles. The van der Waals surface area contributed by atoms with Gasteiger partial charge in [0.15, 0.2) is 0 Å². The van der Waals surface area contributed by atoms with Crippen LogP contribution in [-0.4, -0.2) is 47.6 Å². The summed E-state index contributed by atoms with van der Waals surface area (Å²) in [7, 11) is 0. The van der Waals surface area contributed by atoms with E-state index in [4.69, 9.17) is 4.98 Å². The van der Waals surface area contributed by atoms with Crippen LogP contribution in [0.2, 0.25) is 0 Å². The summed E-state index contributed by atoms with van der Waals surface area (Å²) in [4.78, 5) is 34.2. The molecule has 1 atom stereocenters. The molecule has 2 fully saturated rings. The second-order valence-electron chi connectivity index (χ2n) is 10.3. The van der Waals surface area contributed by atoms with Crippen molar-refractivity contribution in [1.82, 2.24) is 10.3 Å². The van der Waals surface area contributed by atoms with E-state index >= 15 is 0 Å². The van der Waals surface area contributed by atoms with Gasteiger partial charge in [-0.15, -0.1) is 0 Å². The largest absolute Gasteiger partial charge is 0.481 e. The summed E-state index contributed by atoms with van der Waals surface area (Å²) < 4.78 is 0. The van der Waals surface area contributed by atoms with Gasteiger partial charge in [-0.3, -0.25) is 9.59 Å². The Morgan fingerprint density at radius 1 is 0.943 bits per heavy atom. The summed E-state index contributed by atoms with van der Waals surface area (Å²) in [6.07, 6.45) is 8.68. The van der Waals surface area contributed by atoms with Gasteiger partial charge in [0.05, 0.1) is 5.56 Å². The molecule has 1 saturated heterocycles. The van der Waals surface area contributed by atoms with Gasteiger partial charge in [0.2, 0.25) is 0 Å². The highest BCUT2D eigenvalue weighted by Gasteiger charge is 2.28. The van der Waals surface area contributed by atoms with Crippen LogP contribution in [0.1, 0.15) is 72.9 Å². The van der Waals surface area contributed by atoms with Gasteiger partial charge >= 0.3 is 5.97 Å². The van der Waals surface area contributed by atoms with Crippen LogP contribution in [-0.2, 0) is 17.8 Å².